The van der Waals surface area contributed by atoms with Gasteiger partial charge in [0.2, 0.25) is 5.91 Å². The molecule has 0 bridgehead atoms. The van der Waals surface area contributed by atoms with Crippen molar-refractivity contribution in [3.05, 3.63) is 0 Å². The van der Waals surface area contributed by atoms with Gasteiger partial charge in [0.15, 0.2) is 0 Å². The molecule has 0 aromatic carbocycles. The number of amides is 1. The third-order valence-electron chi connectivity index (χ3n) is 3.75. The quantitative estimate of drug-likeness (QED) is 0.509. The van der Waals surface area contributed by atoms with E-state index >= 15 is 0 Å². The highest BCUT2D eigenvalue weighted by Crippen LogP contribution is 2.20. The van der Waals surface area contributed by atoms with Crippen LogP contribution in [0.2, 0.25) is 0 Å². The molecule has 1 aliphatic carbocycles. The van der Waals surface area contributed by atoms with Crippen molar-refractivity contribution >= 4 is 23.8 Å². The second-order valence-electron chi connectivity index (χ2n) is 5.74. The molecule has 0 spiro atoms. The number of nitrogens with one attached hydrogen (secondary N) is 1. The van der Waals surface area contributed by atoms with E-state index in [1.54, 1.807) is 0 Å². The maximum absolute atomic E-state index is 12.0. The van der Waals surface area contributed by atoms with Crippen LogP contribution in [0, 0.1) is 0 Å². The van der Waals surface area contributed by atoms with Crippen molar-refractivity contribution in [2.24, 2.45) is 5.73 Å². The molecule has 1 saturated carbocycles. The van der Waals surface area contributed by atoms with E-state index in [0.717, 1.165) is 39.2 Å². The van der Waals surface area contributed by atoms with Gasteiger partial charge in [0.1, 0.15) is 12.1 Å². The Bertz CT molecular complexity index is 474. The molecule has 2 atom stereocenters. The molecule has 0 aromatic rings. The fourth-order valence-corrected chi connectivity index (χ4v) is 2.48. The second-order valence-corrected chi connectivity index (χ2v) is 5.74. The van der Waals surface area contributed by atoms with E-state index in [4.69, 9.17) is 15.6 Å². The lowest BCUT2D eigenvalue weighted by molar-refractivity contribution is -0.156. The lowest BCUT2D eigenvalue weighted by Crippen LogP contribution is -2.50. The number of aliphatic carboxylic acids is 1. The summed E-state index contributed by atoms with van der Waals surface area (Å²) in [5.41, 5.74) is 5.43. The molecule has 24 heavy (non-hydrogen) atoms. The Morgan fingerprint density at radius 1 is 1.17 bits per heavy atom. The van der Waals surface area contributed by atoms with E-state index in [1.807, 2.05) is 0 Å². The summed E-state index contributed by atoms with van der Waals surface area (Å²) in [6.45, 7) is 0. The van der Waals surface area contributed by atoms with E-state index < -0.39 is 48.7 Å². The lowest BCUT2D eigenvalue weighted by atomic mass is 9.98. The molecular formula is C15H24N2O7. The Kier molecular flexibility index (Phi) is 8.17. The monoisotopic (exact) mass is 344 g/mol. The Balaban J connectivity index is 2.57. The molecule has 0 aliphatic heterocycles. The van der Waals surface area contributed by atoms with Crippen LogP contribution in [0.5, 0.6) is 0 Å². The third kappa shape index (κ3) is 6.95. The van der Waals surface area contributed by atoms with Crippen molar-refractivity contribution in [1.29, 1.82) is 0 Å². The molecule has 0 unspecified atom stereocenters. The average molecular weight is 344 g/mol. The molecule has 4 N–H and O–H groups in total. The number of carboxylic acids is 1. The molecule has 136 valence electrons. The summed E-state index contributed by atoms with van der Waals surface area (Å²) < 4.78 is 9.85. The number of hydrogen-bond donors (Lipinski definition) is 3. The summed E-state index contributed by atoms with van der Waals surface area (Å²) in [5, 5.41) is 10.9. The van der Waals surface area contributed by atoms with Crippen molar-refractivity contribution < 1.29 is 33.8 Å². The molecule has 9 heteroatoms. The standard InChI is InChI=1S/C15H24N2O7/c1-23-15(22)11(17-14(21)10(16)7-12(18)19)8-13(20)24-9-5-3-2-4-6-9/h9-11H,2-8,16H2,1H3,(H,17,21)(H,18,19)/t10-,11-/m1/s1. The summed E-state index contributed by atoms with van der Waals surface area (Å²) in [4.78, 5) is 46.1. The van der Waals surface area contributed by atoms with E-state index in [9.17, 15) is 19.2 Å². The minimum Gasteiger partial charge on any atom is -0.481 e. The zero-order valence-electron chi connectivity index (χ0n) is 13.7. The summed E-state index contributed by atoms with van der Waals surface area (Å²) in [7, 11) is 1.12. The third-order valence-corrected chi connectivity index (χ3v) is 3.75. The number of ether oxygens (including phenoxy) is 2. The van der Waals surface area contributed by atoms with Crippen molar-refractivity contribution in [1.82, 2.24) is 5.32 Å². The van der Waals surface area contributed by atoms with Crippen molar-refractivity contribution in [2.75, 3.05) is 7.11 Å². The van der Waals surface area contributed by atoms with Gasteiger partial charge in [0.05, 0.1) is 26.0 Å². The van der Waals surface area contributed by atoms with Gasteiger partial charge in [-0.25, -0.2) is 4.79 Å². The summed E-state index contributed by atoms with van der Waals surface area (Å²) in [5.74, 6) is -3.54. The first-order chi connectivity index (χ1) is 11.3. The summed E-state index contributed by atoms with van der Waals surface area (Å²) >= 11 is 0. The average Bonchev–Trinajstić information content (AvgIpc) is 2.53. The molecule has 1 fully saturated rings. The predicted molar refractivity (Wildman–Crippen MR) is 81.8 cm³/mol. The SMILES string of the molecule is COC(=O)[C@@H](CC(=O)OC1CCCCC1)NC(=O)[C@H](N)CC(=O)O. The van der Waals surface area contributed by atoms with Gasteiger partial charge in [-0.2, -0.15) is 0 Å². The van der Waals surface area contributed by atoms with Crippen LogP contribution in [0.3, 0.4) is 0 Å². The number of carboxylic acid groups (broad SMARTS) is 1. The molecule has 0 heterocycles. The number of methoxy groups -OCH3 is 1. The Labute approximate surface area is 139 Å². The molecular weight excluding hydrogens is 320 g/mol. The Morgan fingerprint density at radius 3 is 2.33 bits per heavy atom. The van der Waals surface area contributed by atoms with Crippen LogP contribution in [0.1, 0.15) is 44.9 Å². The van der Waals surface area contributed by atoms with Gasteiger partial charge in [-0.3, -0.25) is 14.4 Å². The number of carbonyl (C=O) groups excluding carboxylic acids is 3. The van der Waals surface area contributed by atoms with Crippen LogP contribution in [0.25, 0.3) is 0 Å². The smallest absolute Gasteiger partial charge is 0.328 e. The van der Waals surface area contributed by atoms with Gasteiger partial charge >= 0.3 is 17.9 Å². The van der Waals surface area contributed by atoms with Gasteiger partial charge in [-0.1, -0.05) is 6.42 Å². The number of rotatable bonds is 8. The second kappa shape index (κ2) is 9.86. The molecule has 0 aromatic heterocycles. The van der Waals surface area contributed by atoms with Crippen LogP contribution < -0.4 is 11.1 Å². The highest BCUT2D eigenvalue weighted by molar-refractivity contribution is 5.91. The first-order valence-electron chi connectivity index (χ1n) is 7.88. The van der Waals surface area contributed by atoms with Crippen LogP contribution >= 0.6 is 0 Å². The predicted octanol–water partition coefficient (Wildman–Crippen LogP) is -0.288. The molecule has 1 amide bonds. The molecule has 1 rings (SSSR count). The first-order valence-corrected chi connectivity index (χ1v) is 7.88. The summed E-state index contributed by atoms with van der Waals surface area (Å²) in [6.07, 6.45) is 3.49. The Morgan fingerprint density at radius 2 is 1.79 bits per heavy atom. The van der Waals surface area contributed by atoms with Gasteiger partial charge in [0.25, 0.3) is 0 Å². The van der Waals surface area contributed by atoms with Gasteiger partial charge in [-0.05, 0) is 25.7 Å². The normalized spacial score (nSPS) is 17.4. The van der Waals surface area contributed by atoms with Crippen LogP contribution in [-0.4, -0.2) is 54.2 Å². The van der Waals surface area contributed by atoms with Crippen LogP contribution in [-0.2, 0) is 28.7 Å². The topological polar surface area (TPSA) is 145 Å². The van der Waals surface area contributed by atoms with Crippen LogP contribution in [0.4, 0.5) is 0 Å². The largest absolute Gasteiger partial charge is 0.481 e. The lowest BCUT2D eigenvalue weighted by Gasteiger charge is -2.23. The number of carbonyl (C=O) groups is 4. The highest BCUT2D eigenvalue weighted by Gasteiger charge is 2.29. The maximum atomic E-state index is 12.0. The number of hydrogen-bond acceptors (Lipinski definition) is 7. The van der Waals surface area contributed by atoms with E-state index in [0.29, 0.717) is 0 Å². The fraction of sp³-hybridized carbons (Fsp3) is 0.733. The van der Waals surface area contributed by atoms with Gasteiger partial charge in [-0.15, -0.1) is 0 Å². The maximum Gasteiger partial charge on any atom is 0.328 e. The van der Waals surface area contributed by atoms with Crippen molar-refractivity contribution in [2.45, 2.75) is 63.1 Å². The number of nitrogens with two attached hydrogens (primary N) is 1. The summed E-state index contributed by atoms with van der Waals surface area (Å²) in [6, 6.07) is -2.59. The molecule has 0 radical (unpaired) electrons. The van der Waals surface area contributed by atoms with Gasteiger partial charge in [0, 0.05) is 0 Å². The zero-order chi connectivity index (χ0) is 18.1. The number of esters is 2. The first kappa shape index (κ1) is 19.9. The minimum atomic E-state index is -1.33. The molecule has 9 nitrogen and oxygen atoms in total. The zero-order valence-corrected chi connectivity index (χ0v) is 13.7. The van der Waals surface area contributed by atoms with Crippen LogP contribution in [0.15, 0.2) is 0 Å². The van der Waals surface area contributed by atoms with Gasteiger partial charge < -0.3 is 25.6 Å². The minimum absolute atomic E-state index is 0.172. The van der Waals surface area contributed by atoms with E-state index in [2.05, 4.69) is 10.1 Å². The van der Waals surface area contributed by atoms with E-state index in [-0.39, 0.29) is 6.10 Å². The fourth-order valence-electron chi connectivity index (χ4n) is 2.48. The van der Waals surface area contributed by atoms with E-state index in [1.165, 1.54) is 0 Å². The van der Waals surface area contributed by atoms with Crippen molar-refractivity contribution in [3.63, 3.8) is 0 Å². The van der Waals surface area contributed by atoms with Crippen molar-refractivity contribution in [3.8, 4) is 0 Å². The molecule has 0 saturated heterocycles. The highest BCUT2D eigenvalue weighted by atomic mass is 16.5. The Hall–Kier alpha value is -2.16. The molecule has 1 aliphatic rings.